The van der Waals surface area contributed by atoms with Crippen LogP contribution >= 0.6 is 12.6 Å². The summed E-state index contributed by atoms with van der Waals surface area (Å²) in [6.45, 7) is 1.70. The maximum Gasteiger partial charge on any atom is 0.310 e. The van der Waals surface area contributed by atoms with Gasteiger partial charge in [0, 0.05) is 17.2 Å². The number of nitrogens with one attached hydrogen (secondary N) is 1. The van der Waals surface area contributed by atoms with Crippen LogP contribution in [0.25, 0.3) is 11.1 Å². The first-order chi connectivity index (χ1) is 16.0. The average molecular weight is 460 g/mol. The van der Waals surface area contributed by atoms with Crippen molar-refractivity contribution in [2.24, 2.45) is 0 Å². The fourth-order valence-corrected chi connectivity index (χ4v) is 4.47. The van der Waals surface area contributed by atoms with Gasteiger partial charge in [-0.1, -0.05) is 60.7 Å². The smallest absolute Gasteiger partial charge is 0.310 e. The van der Waals surface area contributed by atoms with E-state index in [-0.39, 0.29) is 42.4 Å². The zero-order valence-corrected chi connectivity index (χ0v) is 19.2. The lowest BCUT2D eigenvalue weighted by Gasteiger charge is -2.14. The summed E-state index contributed by atoms with van der Waals surface area (Å²) in [6, 6.07) is 22.5. The fraction of sp³-hybridized carbons (Fsp3) is 0.222. The molecular formula is C27H25NO4S. The first kappa shape index (κ1) is 22.8. The molecule has 0 aromatic heterocycles. The SMILES string of the molecule is CC(=O)C(CS)NC(=O)c1ccc(CC(=O)OCC2c3ccccc3-c3ccccc32)cc1. The summed E-state index contributed by atoms with van der Waals surface area (Å²) in [5.74, 6) is -0.558. The molecule has 0 saturated carbocycles. The molecule has 0 radical (unpaired) electrons. The summed E-state index contributed by atoms with van der Waals surface area (Å²) >= 11 is 4.09. The maximum atomic E-state index is 12.5. The first-order valence-corrected chi connectivity index (χ1v) is 11.5. The Labute approximate surface area is 198 Å². The molecule has 0 heterocycles. The monoisotopic (exact) mass is 459 g/mol. The minimum Gasteiger partial charge on any atom is -0.464 e. The van der Waals surface area contributed by atoms with Crippen molar-refractivity contribution >= 4 is 30.3 Å². The second-order valence-corrected chi connectivity index (χ2v) is 8.47. The number of hydrogen-bond acceptors (Lipinski definition) is 5. The maximum absolute atomic E-state index is 12.5. The van der Waals surface area contributed by atoms with E-state index in [1.165, 1.54) is 29.2 Å². The van der Waals surface area contributed by atoms with Crippen LogP contribution in [-0.2, 0) is 20.7 Å². The molecule has 33 heavy (non-hydrogen) atoms. The summed E-state index contributed by atoms with van der Waals surface area (Å²) in [7, 11) is 0. The number of ketones is 1. The summed E-state index contributed by atoms with van der Waals surface area (Å²) < 4.78 is 5.65. The van der Waals surface area contributed by atoms with Crippen molar-refractivity contribution in [3.63, 3.8) is 0 Å². The highest BCUT2D eigenvalue weighted by Gasteiger charge is 2.29. The summed E-state index contributed by atoms with van der Waals surface area (Å²) in [5.41, 5.74) is 5.89. The minimum atomic E-state index is -0.624. The van der Waals surface area contributed by atoms with Gasteiger partial charge in [0.05, 0.1) is 12.5 Å². The van der Waals surface area contributed by atoms with E-state index in [9.17, 15) is 14.4 Å². The number of carbonyl (C=O) groups excluding carboxylic acids is 3. The van der Waals surface area contributed by atoms with E-state index in [2.05, 4.69) is 42.2 Å². The van der Waals surface area contributed by atoms with Crippen molar-refractivity contribution in [2.75, 3.05) is 12.4 Å². The average Bonchev–Trinajstić information content (AvgIpc) is 3.15. The third-order valence-corrected chi connectivity index (χ3v) is 6.28. The Morgan fingerprint density at radius 3 is 2.03 bits per heavy atom. The molecule has 4 rings (SSSR count). The molecule has 1 atom stereocenters. The number of fused-ring (bicyclic) bond motifs is 3. The van der Waals surface area contributed by atoms with Crippen LogP contribution in [0.1, 0.15) is 39.9 Å². The molecule has 0 aliphatic heterocycles. The number of rotatable bonds is 8. The van der Waals surface area contributed by atoms with Crippen LogP contribution in [0.15, 0.2) is 72.8 Å². The van der Waals surface area contributed by atoms with E-state index in [1.807, 2.05) is 24.3 Å². The van der Waals surface area contributed by atoms with Gasteiger partial charge in [-0.25, -0.2) is 0 Å². The Bertz CT molecular complexity index is 1140. The molecule has 1 N–H and O–H groups in total. The van der Waals surface area contributed by atoms with Crippen LogP contribution in [0.3, 0.4) is 0 Å². The molecule has 3 aromatic rings. The number of hydrogen-bond donors (Lipinski definition) is 2. The number of Topliss-reactive ketones (excluding diaryl/α,β-unsaturated/α-hetero) is 1. The van der Waals surface area contributed by atoms with E-state index in [0.29, 0.717) is 5.56 Å². The number of thiol groups is 1. The van der Waals surface area contributed by atoms with Crippen LogP contribution in [0.2, 0.25) is 0 Å². The van der Waals surface area contributed by atoms with Crippen LogP contribution in [0, 0.1) is 0 Å². The van der Waals surface area contributed by atoms with Crippen LogP contribution in [0.4, 0.5) is 0 Å². The predicted octanol–water partition coefficient (Wildman–Crippen LogP) is 4.20. The van der Waals surface area contributed by atoms with Crippen molar-refractivity contribution in [2.45, 2.75) is 25.3 Å². The van der Waals surface area contributed by atoms with Gasteiger partial charge in [-0.15, -0.1) is 0 Å². The molecule has 3 aromatic carbocycles. The summed E-state index contributed by atoms with van der Waals surface area (Å²) in [6.07, 6.45) is 0.116. The normalized spacial score (nSPS) is 13.0. The third-order valence-electron chi connectivity index (χ3n) is 5.92. The molecule has 0 fully saturated rings. The molecule has 1 unspecified atom stereocenters. The molecule has 1 amide bonds. The lowest BCUT2D eigenvalue weighted by atomic mass is 9.98. The molecule has 0 bridgehead atoms. The van der Waals surface area contributed by atoms with E-state index in [0.717, 1.165) is 5.56 Å². The van der Waals surface area contributed by atoms with E-state index in [1.54, 1.807) is 24.3 Å². The van der Waals surface area contributed by atoms with Crippen molar-refractivity contribution in [3.8, 4) is 11.1 Å². The second-order valence-electron chi connectivity index (χ2n) is 8.10. The molecule has 0 saturated heterocycles. The molecule has 1 aliphatic carbocycles. The Kier molecular flexibility index (Phi) is 6.94. The Morgan fingerprint density at radius 1 is 0.909 bits per heavy atom. The molecule has 0 spiro atoms. The lowest BCUT2D eigenvalue weighted by Crippen LogP contribution is -2.41. The second kappa shape index (κ2) is 10.0. The minimum absolute atomic E-state index is 0.0217. The quantitative estimate of drug-likeness (QED) is 0.391. The number of ether oxygens (including phenoxy) is 1. The number of benzene rings is 3. The van der Waals surface area contributed by atoms with Gasteiger partial charge in [-0.2, -0.15) is 12.6 Å². The van der Waals surface area contributed by atoms with Gasteiger partial charge >= 0.3 is 5.97 Å². The Balaban J connectivity index is 1.36. The highest BCUT2D eigenvalue weighted by Crippen LogP contribution is 2.44. The number of carbonyl (C=O) groups is 3. The van der Waals surface area contributed by atoms with Crippen LogP contribution < -0.4 is 5.32 Å². The third kappa shape index (κ3) is 5.01. The largest absolute Gasteiger partial charge is 0.464 e. The number of amides is 1. The fourth-order valence-electron chi connectivity index (χ4n) is 4.12. The van der Waals surface area contributed by atoms with Gasteiger partial charge < -0.3 is 10.1 Å². The van der Waals surface area contributed by atoms with Crippen LogP contribution in [-0.4, -0.2) is 36.1 Å². The lowest BCUT2D eigenvalue weighted by molar-refractivity contribution is -0.143. The standard InChI is InChI=1S/C27H25NO4S/c1-17(29)25(16-33)28-27(31)19-12-10-18(11-13-19)14-26(30)32-15-24-22-8-4-2-6-20(22)21-7-3-5-9-23(21)24/h2-13,24-25,33H,14-16H2,1H3,(H,28,31). The highest BCUT2D eigenvalue weighted by molar-refractivity contribution is 7.80. The molecule has 168 valence electrons. The molecular weight excluding hydrogens is 434 g/mol. The summed E-state index contributed by atoms with van der Waals surface area (Å²) in [4.78, 5) is 36.3. The summed E-state index contributed by atoms with van der Waals surface area (Å²) in [5, 5.41) is 2.65. The van der Waals surface area contributed by atoms with Crippen molar-refractivity contribution in [1.82, 2.24) is 5.32 Å². The van der Waals surface area contributed by atoms with Gasteiger partial charge in [0.2, 0.25) is 0 Å². The topological polar surface area (TPSA) is 72.5 Å². The van der Waals surface area contributed by atoms with Gasteiger partial charge in [0.25, 0.3) is 5.91 Å². The zero-order chi connectivity index (χ0) is 23.4. The molecule has 6 heteroatoms. The van der Waals surface area contributed by atoms with Crippen LogP contribution in [0.5, 0.6) is 0 Å². The zero-order valence-electron chi connectivity index (χ0n) is 18.3. The van der Waals surface area contributed by atoms with Gasteiger partial charge in [0.15, 0.2) is 5.78 Å². The van der Waals surface area contributed by atoms with E-state index >= 15 is 0 Å². The van der Waals surface area contributed by atoms with E-state index < -0.39 is 6.04 Å². The number of esters is 1. The van der Waals surface area contributed by atoms with Gasteiger partial charge in [-0.3, -0.25) is 14.4 Å². The highest BCUT2D eigenvalue weighted by atomic mass is 32.1. The van der Waals surface area contributed by atoms with Crippen molar-refractivity contribution in [1.29, 1.82) is 0 Å². The Hall–Kier alpha value is -3.38. The molecule has 1 aliphatic rings. The van der Waals surface area contributed by atoms with Crippen molar-refractivity contribution < 1.29 is 19.1 Å². The predicted molar refractivity (Wildman–Crippen MR) is 131 cm³/mol. The Morgan fingerprint density at radius 2 is 1.48 bits per heavy atom. The van der Waals surface area contributed by atoms with Gasteiger partial charge in [-0.05, 0) is 46.9 Å². The first-order valence-electron chi connectivity index (χ1n) is 10.8. The van der Waals surface area contributed by atoms with Crippen molar-refractivity contribution in [3.05, 3.63) is 95.1 Å². The van der Waals surface area contributed by atoms with Gasteiger partial charge in [0.1, 0.15) is 6.61 Å². The van der Waals surface area contributed by atoms with E-state index in [4.69, 9.17) is 4.74 Å². The molecule has 5 nitrogen and oxygen atoms in total.